The Hall–Kier alpha value is -1.84. The molecule has 0 unspecified atom stereocenters. The van der Waals surface area contributed by atoms with E-state index in [1.54, 1.807) is 0 Å². The first-order valence-electron chi connectivity index (χ1n) is 3.55. The highest BCUT2D eigenvalue weighted by atomic mass is 16.5. The van der Waals surface area contributed by atoms with Gasteiger partial charge in [0, 0.05) is 5.56 Å². The number of hydrogen-bond acceptors (Lipinski definition) is 4. The maximum absolute atomic E-state index is 11.0. The van der Waals surface area contributed by atoms with Crippen molar-refractivity contribution < 1.29 is 19.4 Å². The van der Waals surface area contributed by atoms with Crippen LogP contribution in [0.4, 0.5) is 0 Å². The molecule has 0 spiro atoms. The van der Waals surface area contributed by atoms with Crippen LogP contribution in [0.25, 0.3) is 0 Å². The topological polar surface area (TPSA) is 63.6 Å². The maximum atomic E-state index is 11.0. The molecule has 4 nitrogen and oxygen atoms in total. The number of ether oxygens (including phenoxy) is 1. The van der Waals surface area contributed by atoms with E-state index in [-0.39, 0.29) is 16.9 Å². The summed E-state index contributed by atoms with van der Waals surface area (Å²) in [6.45, 7) is 0. The number of phenols is 1. The van der Waals surface area contributed by atoms with E-state index in [2.05, 4.69) is 4.74 Å². The van der Waals surface area contributed by atoms with Crippen molar-refractivity contribution in [3.8, 4) is 5.75 Å². The third kappa shape index (κ3) is 1.84. The quantitative estimate of drug-likeness (QED) is 0.544. The minimum atomic E-state index is -0.595. The monoisotopic (exact) mass is 180 g/mol. The number of aromatic hydroxyl groups is 1. The zero-order chi connectivity index (χ0) is 9.84. The predicted octanol–water partition coefficient (Wildman–Crippen LogP) is 0.991. The molecule has 1 N–H and O–H groups in total. The van der Waals surface area contributed by atoms with Gasteiger partial charge in [0.1, 0.15) is 5.75 Å². The minimum Gasteiger partial charge on any atom is -0.508 e. The fourth-order valence-corrected chi connectivity index (χ4v) is 0.943. The van der Waals surface area contributed by atoms with Gasteiger partial charge in [-0.05, 0) is 18.2 Å². The number of rotatable bonds is 2. The van der Waals surface area contributed by atoms with Crippen LogP contribution in [0.3, 0.4) is 0 Å². The molecule has 68 valence electrons. The summed E-state index contributed by atoms with van der Waals surface area (Å²) in [4.78, 5) is 21.5. The summed E-state index contributed by atoms with van der Waals surface area (Å²) in [6, 6.07) is 3.86. The van der Waals surface area contributed by atoms with Gasteiger partial charge in [-0.15, -0.1) is 0 Å². The van der Waals surface area contributed by atoms with E-state index >= 15 is 0 Å². The molecule has 1 rings (SSSR count). The van der Waals surface area contributed by atoms with Gasteiger partial charge >= 0.3 is 5.97 Å². The molecule has 0 saturated carbocycles. The van der Waals surface area contributed by atoms with E-state index < -0.39 is 5.97 Å². The molecule has 0 radical (unpaired) electrons. The predicted molar refractivity (Wildman–Crippen MR) is 44.8 cm³/mol. The lowest BCUT2D eigenvalue weighted by molar-refractivity contribution is 0.0598. The summed E-state index contributed by atoms with van der Waals surface area (Å²) in [5.41, 5.74) is 0.266. The molecule has 0 aliphatic rings. The number of carbonyl (C=O) groups is 2. The van der Waals surface area contributed by atoms with E-state index in [1.807, 2.05) is 0 Å². The van der Waals surface area contributed by atoms with Gasteiger partial charge in [0.25, 0.3) is 0 Å². The Morgan fingerprint density at radius 3 is 2.77 bits per heavy atom. The van der Waals surface area contributed by atoms with Crippen molar-refractivity contribution in [2.75, 3.05) is 7.11 Å². The fourth-order valence-electron chi connectivity index (χ4n) is 0.943. The Labute approximate surface area is 74.8 Å². The molecule has 0 amide bonds. The molecule has 4 heteroatoms. The van der Waals surface area contributed by atoms with Gasteiger partial charge in [-0.3, -0.25) is 4.79 Å². The summed E-state index contributed by atoms with van der Waals surface area (Å²) in [5.74, 6) is -0.656. The Kier molecular flexibility index (Phi) is 2.64. The first-order chi connectivity index (χ1) is 6.19. The Bertz CT molecular complexity index is 343. The van der Waals surface area contributed by atoms with Crippen LogP contribution in [-0.4, -0.2) is 24.5 Å². The summed E-state index contributed by atoms with van der Waals surface area (Å²) >= 11 is 0. The molecule has 13 heavy (non-hydrogen) atoms. The van der Waals surface area contributed by atoms with Gasteiger partial charge in [0.2, 0.25) is 0 Å². The summed E-state index contributed by atoms with van der Waals surface area (Å²) in [6.07, 6.45) is 0.492. The molecule has 0 fully saturated rings. The molecule has 0 atom stereocenters. The van der Waals surface area contributed by atoms with Gasteiger partial charge in [-0.2, -0.15) is 0 Å². The first kappa shape index (κ1) is 9.25. The van der Waals surface area contributed by atoms with Crippen molar-refractivity contribution in [2.45, 2.75) is 0 Å². The molecule has 0 heterocycles. The Morgan fingerprint density at radius 1 is 1.54 bits per heavy atom. The Balaban J connectivity index is 3.20. The molecule has 1 aromatic rings. The minimum absolute atomic E-state index is 0.0604. The van der Waals surface area contributed by atoms with Crippen molar-refractivity contribution in [3.05, 3.63) is 29.3 Å². The highest BCUT2D eigenvalue weighted by molar-refractivity contribution is 5.98. The summed E-state index contributed by atoms with van der Waals surface area (Å²) in [7, 11) is 1.23. The lowest BCUT2D eigenvalue weighted by atomic mass is 10.1. The second-order valence-electron chi connectivity index (χ2n) is 2.38. The first-order valence-corrected chi connectivity index (χ1v) is 3.55. The second-order valence-corrected chi connectivity index (χ2v) is 2.38. The van der Waals surface area contributed by atoms with Gasteiger partial charge in [0.05, 0.1) is 12.7 Å². The third-order valence-electron chi connectivity index (χ3n) is 1.57. The van der Waals surface area contributed by atoms with Crippen LogP contribution in [0.15, 0.2) is 18.2 Å². The zero-order valence-electron chi connectivity index (χ0n) is 6.98. The van der Waals surface area contributed by atoms with Crippen LogP contribution in [0.5, 0.6) is 5.75 Å². The molecule has 0 bridgehead atoms. The van der Waals surface area contributed by atoms with Crippen LogP contribution in [-0.2, 0) is 4.74 Å². The van der Waals surface area contributed by atoms with Crippen molar-refractivity contribution in [1.82, 2.24) is 0 Å². The van der Waals surface area contributed by atoms with E-state index in [0.717, 1.165) is 0 Å². The summed E-state index contributed by atoms with van der Waals surface area (Å²) in [5, 5.41) is 9.01. The molecule has 1 aromatic carbocycles. The summed E-state index contributed by atoms with van der Waals surface area (Å²) < 4.78 is 4.44. The Morgan fingerprint density at radius 2 is 2.23 bits per heavy atom. The SMILES string of the molecule is COC(=O)c1ccc(O)cc1C=O. The molecule has 0 aliphatic carbocycles. The van der Waals surface area contributed by atoms with Crippen molar-refractivity contribution in [3.63, 3.8) is 0 Å². The number of esters is 1. The van der Waals surface area contributed by atoms with Crippen molar-refractivity contribution in [2.24, 2.45) is 0 Å². The standard InChI is InChI=1S/C9H8O4/c1-13-9(12)8-3-2-7(11)4-6(8)5-10/h2-5,11H,1H3. The molecular formula is C9H8O4. The van der Waals surface area contributed by atoms with Gasteiger partial charge in [-0.25, -0.2) is 4.79 Å². The lowest BCUT2D eigenvalue weighted by Gasteiger charge is -2.02. The van der Waals surface area contributed by atoms with Crippen LogP contribution in [0.1, 0.15) is 20.7 Å². The number of methoxy groups -OCH3 is 1. The second kappa shape index (κ2) is 3.71. The smallest absolute Gasteiger partial charge is 0.338 e. The highest BCUT2D eigenvalue weighted by Crippen LogP contribution is 2.15. The molecule has 0 aromatic heterocycles. The van der Waals surface area contributed by atoms with Gasteiger partial charge in [-0.1, -0.05) is 0 Å². The number of hydrogen-bond donors (Lipinski definition) is 1. The molecular weight excluding hydrogens is 172 g/mol. The zero-order valence-corrected chi connectivity index (χ0v) is 6.98. The van der Waals surface area contributed by atoms with E-state index in [4.69, 9.17) is 5.11 Å². The highest BCUT2D eigenvalue weighted by Gasteiger charge is 2.11. The van der Waals surface area contributed by atoms with Crippen LogP contribution < -0.4 is 0 Å². The van der Waals surface area contributed by atoms with Gasteiger partial charge < -0.3 is 9.84 Å². The van der Waals surface area contributed by atoms with E-state index in [0.29, 0.717) is 6.29 Å². The van der Waals surface area contributed by atoms with Crippen LogP contribution >= 0.6 is 0 Å². The normalized spacial score (nSPS) is 9.31. The largest absolute Gasteiger partial charge is 0.508 e. The number of carbonyl (C=O) groups excluding carboxylic acids is 2. The van der Waals surface area contributed by atoms with E-state index in [1.165, 1.54) is 25.3 Å². The van der Waals surface area contributed by atoms with Crippen LogP contribution in [0.2, 0.25) is 0 Å². The average molecular weight is 180 g/mol. The van der Waals surface area contributed by atoms with E-state index in [9.17, 15) is 9.59 Å². The third-order valence-corrected chi connectivity index (χ3v) is 1.57. The average Bonchev–Trinajstić information content (AvgIpc) is 2.16. The number of aldehydes is 1. The van der Waals surface area contributed by atoms with Gasteiger partial charge in [0.15, 0.2) is 6.29 Å². The van der Waals surface area contributed by atoms with Crippen molar-refractivity contribution >= 4 is 12.3 Å². The molecule has 0 aliphatic heterocycles. The van der Waals surface area contributed by atoms with Crippen LogP contribution in [0, 0.1) is 0 Å². The number of phenolic OH excluding ortho intramolecular Hbond substituents is 1. The fraction of sp³-hybridized carbons (Fsp3) is 0.111. The lowest BCUT2D eigenvalue weighted by Crippen LogP contribution is -2.04. The number of benzene rings is 1. The molecule has 0 saturated heterocycles. The maximum Gasteiger partial charge on any atom is 0.338 e. The van der Waals surface area contributed by atoms with Crippen molar-refractivity contribution in [1.29, 1.82) is 0 Å².